The highest BCUT2D eigenvalue weighted by Gasteiger charge is 2.02. The van der Waals surface area contributed by atoms with Crippen molar-refractivity contribution in [1.82, 2.24) is 5.43 Å². The van der Waals surface area contributed by atoms with Crippen LogP contribution in [-0.4, -0.2) is 24.1 Å². The van der Waals surface area contributed by atoms with Crippen molar-refractivity contribution in [2.75, 3.05) is 11.9 Å². The number of rotatable bonds is 6. The van der Waals surface area contributed by atoms with Crippen LogP contribution in [0.4, 0.5) is 10.5 Å². The minimum absolute atomic E-state index is 0.0000268. The first-order valence-corrected chi connectivity index (χ1v) is 6.33. The summed E-state index contributed by atoms with van der Waals surface area (Å²) in [6.07, 6.45) is 0.226. The van der Waals surface area contributed by atoms with E-state index < -0.39 is 6.03 Å². The molecule has 0 unspecified atom stereocenters. The normalized spacial score (nSPS) is 10.8. The molecule has 0 heterocycles. The first-order chi connectivity index (χ1) is 9.51. The molecule has 0 aliphatic carbocycles. The predicted molar refractivity (Wildman–Crippen MR) is 78.2 cm³/mol. The van der Waals surface area contributed by atoms with Crippen LogP contribution in [-0.2, 0) is 4.79 Å². The number of ether oxygens (including phenoxy) is 1. The summed E-state index contributed by atoms with van der Waals surface area (Å²) < 4.78 is 5.30. The van der Waals surface area contributed by atoms with Gasteiger partial charge in [0.1, 0.15) is 11.5 Å². The third-order valence-electron chi connectivity index (χ3n) is 2.28. The van der Waals surface area contributed by atoms with Crippen molar-refractivity contribution < 1.29 is 14.3 Å². The average molecular weight is 277 g/mol. The molecule has 108 valence electrons. The summed E-state index contributed by atoms with van der Waals surface area (Å²) in [6.45, 7) is 5.65. The Morgan fingerprint density at radius 3 is 2.40 bits per heavy atom. The van der Waals surface area contributed by atoms with Crippen molar-refractivity contribution in [3.63, 3.8) is 0 Å². The lowest BCUT2D eigenvalue weighted by Gasteiger charge is -2.06. The lowest BCUT2D eigenvalue weighted by Crippen LogP contribution is -2.25. The Balaban J connectivity index is 2.47. The van der Waals surface area contributed by atoms with Crippen molar-refractivity contribution in [3.05, 3.63) is 24.3 Å². The van der Waals surface area contributed by atoms with Crippen LogP contribution in [0.15, 0.2) is 29.4 Å². The third-order valence-corrected chi connectivity index (χ3v) is 2.28. The zero-order valence-electron chi connectivity index (χ0n) is 11.9. The summed E-state index contributed by atoms with van der Waals surface area (Å²) in [5.74, 6) is 0.744. The molecule has 0 bridgehead atoms. The van der Waals surface area contributed by atoms with E-state index in [1.807, 2.05) is 6.92 Å². The number of benzene rings is 1. The van der Waals surface area contributed by atoms with Gasteiger partial charge < -0.3 is 10.1 Å². The van der Waals surface area contributed by atoms with Crippen LogP contribution < -0.4 is 15.5 Å². The first-order valence-electron chi connectivity index (χ1n) is 6.33. The second-order valence-corrected chi connectivity index (χ2v) is 4.25. The second kappa shape index (κ2) is 7.93. The van der Waals surface area contributed by atoms with Gasteiger partial charge in [0.05, 0.1) is 6.61 Å². The van der Waals surface area contributed by atoms with Gasteiger partial charge in [-0.2, -0.15) is 5.10 Å². The standard InChI is InChI=1S/C14H19N3O3/c1-4-20-13-7-5-12(6-8-13)15-14(19)17-16-10(2)9-11(3)18/h5-8H,4,9H2,1-3H3,(H2,15,17,19)/b16-10+. The van der Waals surface area contributed by atoms with E-state index in [0.29, 0.717) is 18.0 Å². The fourth-order valence-electron chi connectivity index (χ4n) is 1.51. The van der Waals surface area contributed by atoms with Gasteiger partial charge in [0.15, 0.2) is 0 Å². The Bertz CT molecular complexity index is 495. The Labute approximate surface area is 118 Å². The number of hydrogen-bond acceptors (Lipinski definition) is 4. The van der Waals surface area contributed by atoms with Gasteiger partial charge in [-0.3, -0.25) is 4.79 Å². The molecule has 1 aromatic rings. The molecule has 0 spiro atoms. The highest BCUT2D eigenvalue weighted by Crippen LogP contribution is 2.15. The van der Waals surface area contributed by atoms with Gasteiger partial charge >= 0.3 is 6.03 Å². The van der Waals surface area contributed by atoms with E-state index in [1.165, 1.54) is 6.92 Å². The van der Waals surface area contributed by atoms with E-state index in [2.05, 4.69) is 15.8 Å². The molecule has 0 aromatic heterocycles. The van der Waals surface area contributed by atoms with Crippen LogP contribution in [0, 0.1) is 0 Å². The molecule has 1 rings (SSSR count). The zero-order chi connectivity index (χ0) is 15.0. The van der Waals surface area contributed by atoms with Gasteiger partial charge in [0.2, 0.25) is 0 Å². The SMILES string of the molecule is CCOc1ccc(NC(=O)N/N=C(\C)CC(C)=O)cc1. The lowest BCUT2D eigenvalue weighted by molar-refractivity contribution is -0.115. The number of ketones is 1. The Morgan fingerprint density at radius 2 is 1.85 bits per heavy atom. The summed E-state index contributed by atoms with van der Waals surface area (Å²) in [6, 6.07) is 6.54. The van der Waals surface area contributed by atoms with E-state index >= 15 is 0 Å². The summed E-state index contributed by atoms with van der Waals surface area (Å²) in [5.41, 5.74) is 3.52. The topological polar surface area (TPSA) is 79.8 Å². The second-order valence-electron chi connectivity index (χ2n) is 4.25. The van der Waals surface area contributed by atoms with Crippen molar-refractivity contribution in [2.24, 2.45) is 5.10 Å². The van der Waals surface area contributed by atoms with Gasteiger partial charge in [0.25, 0.3) is 0 Å². The fourth-order valence-corrected chi connectivity index (χ4v) is 1.51. The molecule has 0 aliphatic rings. The van der Waals surface area contributed by atoms with E-state index in [-0.39, 0.29) is 12.2 Å². The molecular formula is C14H19N3O3. The molecule has 0 saturated carbocycles. The van der Waals surface area contributed by atoms with Crippen LogP contribution in [0.2, 0.25) is 0 Å². The molecule has 1 aromatic carbocycles. The molecule has 0 aliphatic heterocycles. The maximum Gasteiger partial charge on any atom is 0.339 e. The molecule has 6 heteroatoms. The van der Waals surface area contributed by atoms with Gasteiger partial charge in [-0.05, 0) is 45.0 Å². The van der Waals surface area contributed by atoms with Gasteiger partial charge in [-0.25, -0.2) is 10.2 Å². The zero-order valence-corrected chi connectivity index (χ0v) is 11.9. The Kier molecular flexibility index (Phi) is 6.22. The number of nitrogens with one attached hydrogen (secondary N) is 2. The number of anilines is 1. The quantitative estimate of drug-likeness (QED) is 0.619. The first kappa shape index (κ1) is 15.7. The molecule has 6 nitrogen and oxygen atoms in total. The maximum atomic E-state index is 11.6. The number of Topliss-reactive ketones (excluding diaryl/α,β-unsaturated/α-hetero) is 1. The number of hydrogen-bond donors (Lipinski definition) is 2. The molecule has 0 radical (unpaired) electrons. The van der Waals surface area contributed by atoms with Crippen LogP contribution in [0.3, 0.4) is 0 Å². The lowest BCUT2D eigenvalue weighted by atomic mass is 10.2. The summed E-state index contributed by atoms with van der Waals surface area (Å²) in [4.78, 5) is 22.4. The highest BCUT2D eigenvalue weighted by atomic mass is 16.5. The molecule has 20 heavy (non-hydrogen) atoms. The van der Waals surface area contributed by atoms with Gasteiger partial charge in [-0.15, -0.1) is 0 Å². The minimum Gasteiger partial charge on any atom is -0.494 e. The van der Waals surface area contributed by atoms with Crippen LogP contribution in [0.25, 0.3) is 0 Å². The van der Waals surface area contributed by atoms with E-state index in [0.717, 1.165) is 5.75 Å². The fraction of sp³-hybridized carbons (Fsp3) is 0.357. The van der Waals surface area contributed by atoms with Gasteiger partial charge in [-0.1, -0.05) is 0 Å². The number of carbonyl (C=O) groups is 2. The minimum atomic E-state index is -0.461. The number of carbonyl (C=O) groups excluding carboxylic acids is 2. The monoisotopic (exact) mass is 277 g/mol. The number of nitrogens with zero attached hydrogens (tertiary/aromatic N) is 1. The smallest absolute Gasteiger partial charge is 0.339 e. The molecular weight excluding hydrogens is 258 g/mol. The van der Waals surface area contributed by atoms with E-state index in [1.54, 1.807) is 31.2 Å². The summed E-state index contributed by atoms with van der Waals surface area (Å²) in [7, 11) is 0. The molecule has 2 amide bonds. The van der Waals surface area contributed by atoms with Gasteiger partial charge in [0, 0.05) is 17.8 Å². The molecule has 0 fully saturated rings. The van der Waals surface area contributed by atoms with E-state index in [9.17, 15) is 9.59 Å². The van der Waals surface area contributed by atoms with Crippen LogP contribution in [0.1, 0.15) is 27.2 Å². The van der Waals surface area contributed by atoms with Crippen molar-refractivity contribution in [2.45, 2.75) is 27.2 Å². The third kappa shape index (κ3) is 5.99. The van der Waals surface area contributed by atoms with Crippen LogP contribution in [0.5, 0.6) is 5.75 Å². The van der Waals surface area contributed by atoms with Crippen molar-refractivity contribution >= 4 is 23.2 Å². The summed E-state index contributed by atoms with van der Waals surface area (Å²) >= 11 is 0. The number of hydrazone groups is 1. The predicted octanol–water partition coefficient (Wildman–Crippen LogP) is 2.56. The molecule has 2 N–H and O–H groups in total. The van der Waals surface area contributed by atoms with Crippen molar-refractivity contribution in [1.29, 1.82) is 0 Å². The Hall–Kier alpha value is -2.37. The number of amides is 2. The van der Waals surface area contributed by atoms with Crippen LogP contribution >= 0.6 is 0 Å². The molecule has 0 saturated heterocycles. The molecule has 0 atom stereocenters. The van der Waals surface area contributed by atoms with E-state index in [4.69, 9.17) is 4.74 Å². The number of urea groups is 1. The Morgan fingerprint density at radius 1 is 1.20 bits per heavy atom. The summed E-state index contributed by atoms with van der Waals surface area (Å²) in [5, 5.41) is 6.44. The highest BCUT2D eigenvalue weighted by molar-refractivity contribution is 6.00. The average Bonchev–Trinajstić information content (AvgIpc) is 2.38. The maximum absolute atomic E-state index is 11.6. The largest absolute Gasteiger partial charge is 0.494 e. The van der Waals surface area contributed by atoms with Crippen molar-refractivity contribution in [3.8, 4) is 5.75 Å².